The molecule has 1 aromatic carbocycles. The smallest absolute Gasteiger partial charge is 0.243 e. The first-order chi connectivity index (χ1) is 8.95. The normalized spacial score (nSPS) is 23.6. The standard InChI is InChI=1S/C13H17N3O2S.ClH/c1-10-9-16(11(2)8-15-10)19(17,18)13-5-3-12(7-14)4-6-13;/h3-6,10-11,15H,8-9H2,1-2H3;1H. The maximum atomic E-state index is 12.6. The van der Waals surface area contributed by atoms with Gasteiger partial charge in [-0.15, -0.1) is 12.4 Å². The van der Waals surface area contributed by atoms with E-state index in [1.807, 2.05) is 19.9 Å². The molecule has 0 radical (unpaired) electrons. The summed E-state index contributed by atoms with van der Waals surface area (Å²) < 4.78 is 26.6. The van der Waals surface area contributed by atoms with Crippen molar-refractivity contribution in [3.63, 3.8) is 0 Å². The van der Waals surface area contributed by atoms with Crippen LogP contribution in [0, 0.1) is 11.3 Å². The van der Waals surface area contributed by atoms with Crippen LogP contribution in [0.25, 0.3) is 0 Å². The van der Waals surface area contributed by atoms with E-state index in [1.165, 1.54) is 28.6 Å². The summed E-state index contributed by atoms with van der Waals surface area (Å²) in [5.74, 6) is 0. The van der Waals surface area contributed by atoms with Gasteiger partial charge < -0.3 is 5.32 Å². The van der Waals surface area contributed by atoms with Crippen molar-refractivity contribution in [1.82, 2.24) is 9.62 Å². The Balaban J connectivity index is 0.00000200. The summed E-state index contributed by atoms with van der Waals surface area (Å²) in [7, 11) is -3.49. The van der Waals surface area contributed by atoms with Crippen molar-refractivity contribution < 1.29 is 8.42 Å². The molecule has 0 aromatic heterocycles. The largest absolute Gasteiger partial charge is 0.311 e. The fraction of sp³-hybridized carbons (Fsp3) is 0.462. The number of nitriles is 1. The van der Waals surface area contributed by atoms with E-state index in [1.54, 1.807) is 0 Å². The van der Waals surface area contributed by atoms with E-state index >= 15 is 0 Å². The van der Waals surface area contributed by atoms with E-state index in [-0.39, 0.29) is 29.4 Å². The number of hydrogen-bond donors (Lipinski definition) is 1. The predicted octanol–water partition coefficient (Wildman–Crippen LogP) is 1.35. The van der Waals surface area contributed by atoms with Gasteiger partial charge in [0.15, 0.2) is 0 Å². The maximum absolute atomic E-state index is 12.6. The molecule has 0 saturated carbocycles. The summed E-state index contributed by atoms with van der Waals surface area (Å²) in [5.41, 5.74) is 0.459. The van der Waals surface area contributed by atoms with E-state index < -0.39 is 10.0 Å². The van der Waals surface area contributed by atoms with E-state index in [9.17, 15) is 8.42 Å². The number of sulfonamides is 1. The third kappa shape index (κ3) is 3.30. The molecule has 1 aromatic rings. The lowest BCUT2D eigenvalue weighted by Gasteiger charge is -2.36. The number of rotatable bonds is 2. The van der Waals surface area contributed by atoms with Gasteiger partial charge in [-0.25, -0.2) is 8.42 Å². The highest BCUT2D eigenvalue weighted by molar-refractivity contribution is 7.89. The van der Waals surface area contributed by atoms with Gasteiger partial charge in [-0.05, 0) is 38.1 Å². The zero-order valence-corrected chi connectivity index (χ0v) is 13.0. The zero-order valence-electron chi connectivity index (χ0n) is 11.4. The summed E-state index contributed by atoms with van der Waals surface area (Å²) >= 11 is 0. The predicted molar refractivity (Wildman–Crippen MR) is 79.2 cm³/mol. The molecule has 1 saturated heterocycles. The first-order valence-electron chi connectivity index (χ1n) is 6.20. The van der Waals surface area contributed by atoms with Crippen molar-refractivity contribution in [3.8, 4) is 6.07 Å². The van der Waals surface area contributed by atoms with Gasteiger partial charge in [0.2, 0.25) is 10.0 Å². The van der Waals surface area contributed by atoms with Gasteiger partial charge >= 0.3 is 0 Å². The van der Waals surface area contributed by atoms with Gasteiger partial charge in [-0.2, -0.15) is 9.57 Å². The molecule has 2 unspecified atom stereocenters. The average Bonchev–Trinajstić information content (AvgIpc) is 2.41. The lowest BCUT2D eigenvalue weighted by Crippen LogP contribution is -2.56. The van der Waals surface area contributed by atoms with Crippen molar-refractivity contribution in [2.24, 2.45) is 0 Å². The van der Waals surface area contributed by atoms with Gasteiger partial charge in [-0.3, -0.25) is 0 Å². The number of benzene rings is 1. The van der Waals surface area contributed by atoms with E-state index in [0.717, 1.165) is 0 Å². The lowest BCUT2D eigenvalue weighted by atomic mass is 10.2. The van der Waals surface area contributed by atoms with Crippen LogP contribution in [0.2, 0.25) is 0 Å². The molecule has 0 spiro atoms. The van der Waals surface area contributed by atoms with Crippen LogP contribution in [0.4, 0.5) is 0 Å². The topological polar surface area (TPSA) is 73.2 Å². The molecule has 110 valence electrons. The van der Waals surface area contributed by atoms with Crippen LogP contribution >= 0.6 is 12.4 Å². The highest BCUT2D eigenvalue weighted by atomic mass is 35.5. The van der Waals surface area contributed by atoms with Crippen molar-refractivity contribution in [2.45, 2.75) is 30.8 Å². The fourth-order valence-electron chi connectivity index (χ4n) is 2.16. The Kier molecular flexibility index (Phi) is 5.54. The second-order valence-corrected chi connectivity index (χ2v) is 6.76. The Morgan fingerprint density at radius 2 is 1.90 bits per heavy atom. The highest BCUT2D eigenvalue weighted by Gasteiger charge is 2.33. The molecule has 0 amide bonds. The van der Waals surface area contributed by atoms with Gasteiger partial charge in [-0.1, -0.05) is 0 Å². The third-order valence-electron chi connectivity index (χ3n) is 3.30. The Morgan fingerprint density at radius 1 is 1.30 bits per heavy atom. The maximum Gasteiger partial charge on any atom is 0.243 e. The molecule has 0 aliphatic carbocycles. The van der Waals surface area contributed by atoms with E-state index in [2.05, 4.69) is 5.32 Å². The molecule has 1 aliphatic heterocycles. The van der Waals surface area contributed by atoms with Crippen molar-refractivity contribution in [2.75, 3.05) is 13.1 Å². The molecule has 0 bridgehead atoms. The molecule has 5 nitrogen and oxygen atoms in total. The fourth-order valence-corrected chi connectivity index (χ4v) is 3.88. The number of piperazine rings is 1. The van der Waals surface area contributed by atoms with Crippen molar-refractivity contribution in [1.29, 1.82) is 5.26 Å². The van der Waals surface area contributed by atoms with Crippen LogP contribution in [0.1, 0.15) is 19.4 Å². The van der Waals surface area contributed by atoms with Gasteiger partial charge in [0, 0.05) is 25.2 Å². The molecular weight excluding hydrogens is 298 g/mol. The second-order valence-electron chi connectivity index (χ2n) is 4.87. The van der Waals surface area contributed by atoms with Crippen LogP contribution in [0.5, 0.6) is 0 Å². The van der Waals surface area contributed by atoms with Gasteiger partial charge in [0.25, 0.3) is 0 Å². The summed E-state index contributed by atoms with van der Waals surface area (Å²) in [6.07, 6.45) is 0. The Hall–Kier alpha value is -1.13. The molecular formula is C13H18ClN3O2S. The molecule has 1 heterocycles. The summed E-state index contributed by atoms with van der Waals surface area (Å²) in [6, 6.07) is 8.10. The van der Waals surface area contributed by atoms with Crippen molar-refractivity contribution >= 4 is 22.4 Å². The van der Waals surface area contributed by atoms with E-state index in [0.29, 0.717) is 18.7 Å². The minimum Gasteiger partial charge on any atom is -0.311 e. The summed E-state index contributed by atoms with van der Waals surface area (Å²) in [6.45, 7) is 4.97. The highest BCUT2D eigenvalue weighted by Crippen LogP contribution is 2.20. The number of hydrogen-bond acceptors (Lipinski definition) is 4. The molecule has 1 N–H and O–H groups in total. The summed E-state index contributed by atoms with van der Waals surface area (Å²) in [4.78, 5) is 0.243. The second kappa shape index (κ2) is 6.55. The average molecular weight is 316 g/mol. The molecule has 1 fully saturated rings. The Morgan fingerprint density at radius 3 is 2.45 bits per heavy atom. The van der Waals surface area contributed by atoms with Gasteiger partial charge in [0.1, 0.15) is 0 Å². The van der Waals surface area contributed by atoms with Crippen LogP contribution in [-0.2, 0) is 10.0 Å². The summed E-state index contributed by atoms with van der Waals surface area (Å²) in [5, 5.41) is 12.0. The lowest BCUT2D eigenvalue weighted by molar-refractivity contribution is 0.244. The quantitative estimate of drug-likeness (QED) is 0.894. The number of nitrogens with one attached hydrogen (secondary N) is 1. The minimum atomic E-state index is -3.49. The number of halogens is 1. The van der Waals surface area contributed by atoms with Crippen molar-refractivity contribution in [3.05, 3.63) is 29.8 Å². The minimum absolute atomic E-state index is 0. The monoisotopic (exact) mass is 315 g/mol. The zero-order chi connectivity index (χ0) is 14.0. The first kappa shape index (κ1) is 16.9. The van der Waals surface area contributed by atoms with Crippen LogP contribution in [-0.4, -0.2) is 37.9 Å². The SMILES string of the molecule is CC1CN(S(=O)(=O)c2ccc(C#N)cc2)C(C)CN1.Cl. The molecule has 2 rings (SSSR count). The molecule has 1 aliphatic rings. The first-order valence-corrected chi connectivity index (χ1v) is 7.64. The van der Waals surface area contributed by atoms with Crippen LogP contribution in [0.3, 0.4) is 0 Å². The van der Waals surface area contributed by atoms with Crippen LogP contribution in [0.15, 0.2) is 29.2 Å². The molecule has 20 heavy (non-hydrogen) atoms. The molecule has 2 atom stereocenters. The van der Waals surface area contributed by atoms with Gasteiger partial charge in [0.05, 0.1) is 16.5 Å². The Bertz CT molecular complexity index is 595. The molecule has 7 heteroatoms. The third-order valence-corrected chi connectivity index (χ3v) is 5.29. The number of nitrogens with zero attached hydrogens (tertiary/aromatic N) is 2. The Labute approximate surface area is 126 Å². The van der Waals surface area contributed by atoms with Crippen LogP contribution < -0.4 is 5.32 Å². The van der Waals surface area contributed by atoms with E-state index in [4.69, 9.17) is 5.26 Å².